The van der Waals surface area contributed by atoms with Crippen LogP contribution in [-0.4, -0.2) is 48.0 Å². The Morgan fingerprint density at radius 2 is 1.45 bits per heavy atom. The average molecular weight is 454 g/mol. The fourth-order valence-electron chi connectivity index (χ4n) is 2.83. The maximum atomic E-state index is 13.1. The van der Waals surface area contributed by atoms with Gasteiger partial charge in [-0.05, 0) is 36.7 Å². The normalized spacial score (nSPS) is 16.6. The molecule has 0 unspecified atom stereocenters. The maximum Gasteiger partial charge on any atom is 0.331 e. The van der Waals surface area contributed by atoms with Gasteiger partial charge >= 0.3 is 10.2 Å². The van der Waals surface area contributed by atoms with E-state index in [1.807, 2.05) is 48.9 Å². The number of hydrogen-bond acceptors (Lipinski definition) is 7. The van der Waals surface area contributed by atoms with Crippen LogP contribution in [0.15, 0.2) is 46.8 Å². The molecule has 10 heteroatoms. The summed E-state index contributed by atoms with van der Waals surface area (Å²) in [7, 11) is -4.23. The first-order chi connectivity index (χ1) is 13.8. The predicted octanol–water partition coefficient (Wildman–Crippen LogP) is 2.39. The summed E-state index contributed by atoms with van der Waals surface area (Å²) in [5.41, 5.74) is -0.161. The average Bonchev–Trinajstić information content (AvgIpc) is 3.34. The maximum absolute atomic E-state index is 13.1. The molecule has 3 heterocycles. The number of hydrogen-bond donors (Lipinski definition) is 1. The predicted molar refractivity (Wildman–Crippen MR) is 115 cm³/mol. The summed E-state index contributed by atoms with van der Waals surface area (Å²) in [5, 5.41) is 6.73. The van der Waals surface area contributed by atoms with Crippen molar-refractivity contribution in [1.82, 2.24) is 13.9 Å². The van der Waals surface area contributed by atoms with E-state index in [4.69, 9.17) is 0 Å². The van der Waals surface area contributed by atoms with Crippen LogP contribution in [0, 0.1) is 0 Å². The van der Waals surface area contributed by atoms with E-state index < -0.39 is 22.0 Å². The molecule has 1 aliphatic heterocycles. The van der Waals surface area contributed by atoms with Gasteiger partial charge in [0.25, 0.3) is 11.8 Å². The van der Waals surface area contributed by atoms with E-state index in [2.05, 4.69) is 5.32 Å². The Kier molecular flexibility index (Phi) is 6.76. The summed E-state index contributed by atoms with van der Waals surface area (Å²) in [6.07, 6.45) is 2.14. The van der Waals surface area contributed by atoms with Gasteiger partial charge in [-0.3, -0.25) is 9.59 Å². The molecule has 2 aromatic heterocycles. The van der Waals surface area contributed by atoms with Crippen LogP contribution >= 0.6 is 22.7 Å². The van der Waals surface area contributed by atoms with Crippen LogP contribution < -0.4 is 5.32 Å². The van der Waals surface area contributed by atoms with Gasteiger partial charge in [0.1, 0.15) is 5.57 Å². The first-order valence-electron chi connectivity index (χ1n) is 9.20. The van der Waals surface area contributed by atoms with Gasteiger partial charge in [-0.25, -0.2) is 8.61 Å². The Hall–Kier alpha value is -2.17. The molecule has 1 N–H and O–H groups in total. The van der Waals surface area contributed by atoms with Gasteiger partial charge in [0.15, 0.2) is 0 Å². The van der Waals surface area contributed by atoms with Crippen molar-refractivity contribution in [3.05, 3.63) is 56.6 Å². The Morgan fingerprint density at radius 3 is 1.83 bits per heavy atom. The summed E-state index contributed by atoms with van der Waals surface area (Å²) < 4.78 is 27.8. The van der Waals surface area contributed by atoms with E-state index in [-0.39, 0.29) is 24.7 Å². The highest BCUT2D eigenvalue weighted by Crippen LogP contribution is 2.24. The van der Waals surface area contributed by atoms with E-state index in [0.717, 1.165) is 18.4 Å². The summed E-state index contributed by atoms with van der Waals surface area (Å²) in [4.78, 5) is 27.7. The molecule has 3 rings (SSSR count). The molecular weight excluding hydrogens is 430 g/mol. The SMILES string of the molecule is CC(C)NC=C1C(=O)N(CCc2cccs2)S(=O)(=O)N(CCc2cccs2)C1=O. The van der Waals surface area contributed by atoms with Gasteiger partial charge in [0, 0.05) is 47.9 Å². The minimum Gasteiger partial charge on any atom is -0.388 e. The van der Waals surface area contributed by atoms with Gasteiger partial charge in [-0.2, -0.15) is 8.42 Å². The molecule has 29 heavy (non-hydrogen) atoms. The van der Waals surface area contributed by atoms with Crippen LogP contribution in [0.25, 0.3) is 0 Å². The number of carbonyl (C=O) groups excluding carboxylic acids is 2. The van der Waals surface area contributed by atoms with Crippen LogP contribution in [-0.2, 0) is 32.6 Å². The molecular formula is C19H23N3O4S3. The van der Waals surface area contributed by atoms with Crippen LogP contribution in [0.3, 0.4) is 0 Å². The van der Waals surface area contributed by atoms with Crippen molar-refractivity contribution in [3.8, 4) is 0 Å². The molecule has 0 aromatic carbocycles. The molecule has 2 amide bonds. The van der Waals surface area contributed by atoms with E-state index >= 15 is 0 Å². The molecule has 0 bridgehead atoms. The second kappa shape index (κ2) is 9.10. The standard InChI is InChI=1S/C19H23N3O4S3/c1-14(2)20-13-17-18(23)21(9-7-15-5-3-11-27-15)29(25,26)22(19(17)24)10-8-16-6-4-12-28-16/h3-6,11-14,20H,7-10H2,1-2H3. The zero-order valence-corrected chi connectivity index (χ0v) is 18.6. The molecule has 2 aromatic rings. The first kappa shape index (κ1) is 21.5. The quantitative estimate of drug-likeness (QED) is 0.490. The monoisotopic (exact) mass is 453 g/mol. The minimum absolute atomic E-state index is 0.000714. The Balaban J connectivity index is 1.89. The van der Waals surface area contributed by atoms with Crippen molar-refractivity contribution >= 4 is 44.7 Å². The van der Waals surface area contributed by atoms with Gasteiger partial charge in [0.2, 0.25) is 0 Å². The zero-order valence-electron chi connectivity index (χ0n) is 16.2. The fourth-order valence-corrected chi connectivity index (χ4v) is 5.72. The topological polar surface area (TPSA) is 86.8 Å². The second-order valence-electron chi connectivity index (χ2n) is 6.80. The Morgan fingerprint density at radius 1 is 0.966 bits per heavy atom. The van der Waals surface area contributed by atoms with Crippen LogP contribution in [0.1, 0.15) is 23.6 Å². The summed E-state index contributed by atoms with van der Waals surface area (Å²) >= 11 is 3.00. The van der Waals surface area contributed by atoms with E-state index in [0.29, 0.717) is 12.8 Å². The lowest BCUT2D eigenvalue weighted by molar-refractivity contribution is -0.131. The molecule has 7 nitrogen and oxygen atoms in total. The third kappa shape index (κ3) is 4.88. The van der Waals surface area contributed by atoms with Crippen molar-refractivity contribution < 1.29 is 18.0 Å². The van der Waals surface area contributed by atoms with E-state index in [9.17, 15) is 18.0 Å². The lowest BCUT2D eigenvalue weighted by Gasteiger charge is -2.35. The van der Waals surface area contributed by atoms with Gasteiger partial charge in [0.05, 0.1) is 0 Å². The third-order valence-electron chi connectivity index (χ3n) is 4.31. The molecule has 156 valence electrons. The van der Waals surface area contributed by atoms with Crippen molar-refractivity contribution in [3.63, 3.8) is 0 Å². The number of rotatable bonds is 8. The number of amides is 2. The van der Waals surface area contributed by atoms with Crippen LogP contribution in [0.5, 0.6) is 0 Å². The van der Waals surface area contributed by atoms with Crippen LogP contribution in [0.2, 0.25) is 0 Å². The second-order valence-corrected chi connectivity index (χ2v) is 10.6. The van der Waals surface area contributed by atoms with E-state index in [1.54, 1.807) is 0 Å². The molecule has 0 saturated carbocycles. The van der Waals surface area contributed by atoms with Crippen molar-refractivity contribution in [2.45, 2.75) is 32.7 Å². The van der Waals surface area contributed by atoms with Gasteiger partial charge in [-0.1, -0.05) is 12.1 Å². The molecule has 0 aliphatic carbocycles. The summed E-state index contributed by atoms with van der Waals surface area (Å²) in [5.74, 6) is -1.57. The number of carbonyl (C=O) groups is 2. The Bertz CT molecular complexity index is 914. The van der Waals surface area contributed by atoms with E-state index in [1.165, 1.54) is 28.9 Å². The molecule has 1 fully saturated rings. The Labute approximate surface area is 178 Å². The lowest BCUT2D eigenvalue weighted by atomic mass is 10.2. The molecule has 1 saturated heterocycles. The highest BCUT2D eigenvalue weighted by molar-refractivity contribution is 7.88. The highest BCUT2D eigenvalue weighted by Gasteiger charge is 2.46. The van der Waals surface area contributed by atoms with Gasteiger partial charge < -0.3 is 5.32 Å². The van der Waals surface area contributed by atoms with Gasteiger partial charge in [-0.15, -0.1) is 22.7 Å². The van der Waals surface area contributed by atoms with Crippen LogP contribution in [0.4, 0.5) is 0 Å². The number of nitrogens with one attached hydrogen (secondary N) is 1. The summed E-state index contributed by atoms with van der Waals surface area (Å²) in [6.45, 7) is 3.72. The minimum atomic E-state index is -4.23. The van der Waals surface area contributed by atoms with Crippen molar-refractivity contribution in [2.24, 2.45) is 0 Å². The largest absolute Gasteiger partial charge is 0.388 e. The molecule has 0 spiro atoms. The lowest BCUT2D eigenvalue weighted by Crippen LogP contribution is -2.57. The third-order valence-corrected chi connectivity index (χ3v) is 8.00. The fraction of sp³-hybridized carbons (Fsp3) is 0.368. The van der Waals surface area contributed by atoms with Crippen molar-refractivity contribution in [1.29, 1.82) is 0 Å². The summed E-state index contributed by atoms with van der Waals surface area (Å²) in [6, 6.07) is 7.54. The molecule has 0 atom stereocenters. The smallest absolute Gasteiger partial charge is 0.331 e. The molecule has 1 aliphatic rings. The van der Waals surface area contributed by atoms with Crippen molar-refractivity contribution in [2.75, 3.05) is 13.1 Å². The number of thiophene rings is 2. The number of nitrogens with zero attached hydrogens (tertiary/aromatic N) is 2. The molecule has 0 radical (unpaired) electrons. The zero-order chi connectivity index (χ0) is 21.0. The highest BCUT2D eigenvalue weighted by atomic mass is 32.2. The first-order valence-corrected chi connectivity index (χ1v) is 12.4.